The Morgan fingerprint density at radius 2 is 2.10 bits per heavy atom. The first-order valence-electron chi connectivity index (χ1n) is 7.68. The zero-order valence-electron chi connectivity index (χ0n) is 12.6. The summed E-state index contributed by atoms with van der Waals surface area (Å²) < 4.78 is 5.76. The molecule has 5 heteroatoms. The summed E-state index contributed by atoms with van der Waals surface area (Å²) in [7, 11) is 0. The van der Waals surface area contributed by atoms with Crippen molar-refractivity contribution in [3.05, 3.63) is 0 Å². The zero-order chi connectivity index (χ0) is 14.7. The van der Waals surface area contributed by atoms with Crippen LogP contribution in [0.15, 0.2) is 0 Å². The van der Waals surface area contributed by atoms with E-state index in [1.165, 1.54) is 6.42 Å². The minimum atomic E-state index is -0.405. The largest absolute Gasteiger partial charge is 0.461 e. The van der Waals surface area contributed by atoms with Crippen LogP contribution in [0, 0.1) is 17.8 Å². The SMILES string of the molecule is CC1CCC(C(C)C)C(OC(=O)C2CNC(=O)CN2)C1. The fourth-order valence-electron chi connectivity index (χ4n) is 3.21. The van der Waals surface area contributed by atoms with Gasteiger partial charge >= 0.3 is 5.97 Å². The number of nitrogens with one attached hydrogen (secondary N) is 2. The first-order valence-corrected chi connectivity index (χ1v) is 7.68. The molecule has 2 rings (SSSR count). The van der Waals surface area contributed by atoms with E-state index in [1.54, 1.807) is 0 Å². The molecule has 114 valence electrons. The molecule has 1 heterocycles. The van der Waals surface area contributed by atoms with E-state index in [2.05, 4.69) is 31.4 Å². The lowest BCUT2D eigenvalue weighted by molar-refractivity contribution is -0.159. The lowest BCUT2D eigenvalue weighted by atomic mass is 9.75. The van der Waals surface area contributed by atoms with Crippen LogP contribution in [0.2, 0.25) is 0 Å². The second-order valence-corrected chi connectivity index (χ2v) is 6.54. The molecule has 20 heavy (non-hydrogen) atoms. The smallest absolute Gasteiger partial charge is 0.325 e. The third-order valence-electron chi connectivity index (χ3n) is 4.53. The van der Waals surface area contributed by atoms with Crippen molar-refractivity contribution < 1.29 is 14.3 Å². The Kier molecular flexibility index (Phi) is 5.02. The number of rotatable bonds is 3. The minimum Gasteiger partial charge on any atom is -0.461 e. The van der Waals surface area contributed by atoms with Gasteiger partial charge < -0.3 is 10.1 Å². The van der Waals surface area contributed by atoms with Gasteiger partial charge in [-0.1, -0.05) is 27.2 Å². The van der Waals surface area contributed by atoms with Gasteiger partial charge in [0.25, 0.3) is 0 Å². The number of hydrogen-bond donors (Lipinski definition) is 2. The Hall–Kier alpha value is -1.10. The summed E-state index contributed by atoms with van der Waals surface area (Å²) >= 11 is 0. The Bertz CT molecular complexity index is 360. The third kappa shape index (κ3) is 3.72. The molecule has 4 unspecified atom stereocenters. The van der Waals surface area contributed by atoms with Crippen LogP contribution in [0.5, 0.6) is 0 Å². The maximum Gasteiger partial charge on any atom is 0.325 e. The van der Waals surface area contributed by atoms with Crippen molar-refractivity contribution in [3.63, 3.8) is 0 Å². The third-order valence-corrected chi connectivity index (χ3v) is 4.53. The van der Waals surface area contributed by atoms with Crippen LogP contribution < -0.4 is 10.6 Å². The van der Waals surface area contributed by atoms with Crippen LogP contribution in [-0.2, 0) is 14.3 Å². The van der Waals surface area contributed by atoms with E-state index < -0.39 is 6.04 Å². The van der Waals surface area contributed by atoms with Crippen molar-refractivity contribution in [2.75, 3.05) is 13.1 Å². The number of carbonyl (C=O) groups excluding carboxylic acids is 2. The number of ether oxygens (including phenoxy) is 1. The molecule has 2 aliphatic rings. The first kappa shape index (κ1) is 15.3. The van der Waals surface area contributed by atoms with Crippen LogP contribution in [0.3, 0.4) is 0 Å². The Labute approximate surface area is 120 Å². The average Bonchev–Trinajstić information content (AvgIpc) is 2.39. The zero-order valence-corrected chi connectivity index (χ0v) is 12.6. The van der Waals surface area contributed by atoms with Gasteiger partial charge in [0.15, 0.2) is 0 Å². The number of piperazine rings is 1. The maximum atomic E-state index is 12.2. The first-order chi connectivity index (χ1) is 9.47. The molecule has 1 saturated heterocycles. The second-order valence-electron chi connectivity index (χ2n) is 6.54. The number of carbonyl (C=O) groups is 2. The summed E-state index contributed by atoms with van der Waals surface area (Å²) in [5.41, 5.74) is 0. The predicted molar refractivity (Wildman–Crippen MR) is 76.0 cm³/mol. The molecule has 0 aromatic heterocycles. The summed E-state index contributed by atoms with van der Waals surface area (Å²) in [4.78, 5) is 23.3. The van der Waals surface area contributed by atoms with Gasteiger partial charge in [0.05, 0.1) is 6.54 Å². The van der Waals surface area contributed by atoms with E-state index in [0.29, 0.717) is 24.3 Å². The Morgan fingerprint density at radius 3 is 2.70 bits per heavy atom. The van der Waals surface area contributed by atoms with Gasteiger partial charge in [-0.25, -0.2) is 0 Å². The molecule has 1 aliphatic carbocycles. The lowest BCUT2D eigenvalue weighted by Gasteiger charge is -2.37. The fourth-order valence-corrected chi connectivity index (χ4v) is 3.21. The molecule has 0 spiro atoms. The van der Waals surface area contributed by atoms with Gasteiger partial charge in [-0.05, 0) is 30.6 Å². The Balaban J connectivity index is 1.92. The average molecular weight is 282 g/mol. The lowest BCUT2D eigenvalue weighted by Crippen LogP contribution is -2.56. The fraction of sp³-hybridized carbons (Fsp3) is 0.867. The maximum absolute atomic E-state index is 12.2. The highest BCUT2D eigenvalue weighted by atomic mass is 16.5. The monoisotopic (exact) mass is 282 g/mol. The van der Waals surface area contributed by atoms with Crippen LogP contribution in [0.1, 0.15) is 40.0 Å². The minimum absolute atomic E-state index is 0.0191. The highest BCUT2D eigenvalue weighted by Crippen LogP contribution is 2.35. The molecule has 5 nitrogen and oxygen atoms in total. The van der Waals surface area contributed by atoms with Gasteiger partial charge in [-0.3, -0.25) is 14.9 Å². The van der Waals surface area contributed by atoms with Crippen molar-refractivity contribution in [3.8, 4) is 0 Å². The molecule has 0 radical (unpaired) electrons. The summed E-state index contributed by atoms with van der Waals surface area (Å²) in [5, 5.41) is 5.62. The number of esters is 1. The molecular formula is C15H26N2O3. The quantitative estimate of drug-likeness (QED) is 0.760. The standard InChI is InChI=1S/C15H26N2O3/c1-9(2)11-5-4-10(3)6-13(11)20-15(19)12-7-17-14(18)8-16-12/h9-13,16H,4-8H2,1-3H3,(H,17,18). The summed E-state index contributed by atoms with van der Waals surface area (Å²) in [6, 6.07) is -0.405. The normalized spacial score (nSPS) is 34.7. The van der Waals surface area contributed by atoms with Crippen LogP contribution >= 0.6 is 0 Å². The Morgan fingerprint density at radius 1 is 1.35 bits per heavy atom. The molecule has 0 bridgehead atoms. The van der Waals surface area contributed by atoms with Crippen LogP contribution in [0.25, 0.3) is 0 Å². The van der Waals surface area contributed by atoms with Gasteiger partial charge in [0.2, 0.25) is 5.91 Å². The molecule has 0 aromatic rings. The van der Waals surface area contributed by atoms with Crippen molar-refractivity contribution in [2.24, 2.45) is 17.8 Å². The van der Waals surface area contributed by atoms with Gasteiger partial charge in [0, 0.05) is 6.54 Å². The molecule has 4 atom stereocenters. The summed E-state index contributed by atoms with van der Waals surface area (Å²) in [5.74, 6) is 1.30. The van der Waals surface area contributed by atoms with E-state index in [4.69, 9.17) is 4.74 Å². The van der Waals surface area contributed by atoms with Crippen molar-refractivity contribution in [1.29, 1.82) is 0 Å². The topological polar surface area (TPSA) is 67.4 Å². The second kappa shape index (κ2) is 6.57. The van der Waals surface area contributed by atoms with E-state index in [1.807, 2.05) is 0 Å². The van der Waals surface area contributed by atoms with Crippen molar-refractivity contribution in [1.82, 2.24) is 10.6 Å². The van der Waals surface area contributed by atoms with E-state index >= 15 is 0 Å². The molecule has 2 fully saturated rings. The van der Waals surface area contributed by atoms with Crippen molar-refractivity contribution in [2.45, 2.75) is 52.2 Å². The molecule has 1 aliphatic heterocycles. The van der Waals surface area contributed by atoms with E-state index in [9.17, 15) is 9.59 Å². The molecular weight excluding hydrogens is 256 g/mol. The van der Waals surface area contributed by atoms with Crippen molar-refractivity contribution >= 4 is 11.9 Å². The van der Waals surface area contributed by atoms with Gasteiger partial charge in [0.1, 0.15) is 12.1 Å². The molecule has 1 saturated carbocycles. The number of amides is 1. The van der Waals surface area contributed by atoms with Crippen LogP contribution in [0.4, 0.5) is 0 Å². The van der Waals surface area contributed by atoms with Gasteiger partial charge in [-0.2, -0.15) is 0 Å². The predicted octanol–water partition coefficient (Wildman–Crippen LogP) is 1.08. The molecule has 1 amide bonds. The van der Waals surface area contributed by atoms with Gasteiger partial charge in [-0.15, -0.1) is 0 Å². The summed E-state index contributed by atoms with van der Waals surface area (Å²) in [6.07, 6.45) is 3.32. The molecule has 0 aromatic carbocycles. The number of hydrogen-bond acceptors (Lipinski definition) is 4. The van der Waals surface area contributed by atoms with E-state index in [-0.39, 0.29) is 24.5 Å². The molecule has 2 N–H and O–H groups in total. The van der Waals surface area contributed by atoms with Crippen LogP contribution in [-0.4, -0.2) is 37.1 Å². The summed E-state index contributed by atoms with van der Waals surface area (Å²) in [6.45, 7) is 7.12. The highest BCUT2D eigenvalue weighted by Gasteiger charge is 2.35. The highest BCUT2D eigenvalue weighted by molar-refractivity contribution is 5.84. The van der Waals surface area contributed by atoms with E-state index in [0.717, 1.165) is 12.8 Å².